The highest BCUT2D eigenvalue weighted by molar-refractivity contribution is 5.95. The van der Waals surface area contributed by atoms with Crippen LogP contribution in [0.5, 0.6) is 5.75 Å². The molecule has 0 unspecified atom stereocenters. The second-order valence-corrected chi connectivity index (χ2v) is 3.72. The van der Waals surface area contributed by atoms with Crippen LogP contribution in [-0.2, 0) is 0 Å². The molecular weight excluding hydrogens is 216 g/mol. The first-order valence-electron chi connectivity index (χ1n) is 5.63. The Morgan fingerprint density at radius 3 is 2.94 bits per heavy atom. The Hall–Kier alpha value is -1.81. The van der Waals surface area contributed by atoms with Gasteiger partial charge in [-0.15, -0.1) is 0 Å². The Bertz CT molecular complexity index is 500. The van der Waals surface area contributed by atoms with Gasteiger partial charge in [0.05, 0.1) is 7.11 Å². The molecule has 0 amide bonds. The van der Waals surface area contributed by atoms with Crippen molar-refractivity contribution in [1.82, 2.24) is 4.98 Å². The average molecular weight is 232 g/mol. The van der Waals surface area contributed by atoms with Crippen molar-refractivity contribution in [2.45, 2.75) is 6.42 Å². The molecule has 0 bridgehead atoms. The number of nitrogens with zero attached hydrogens (tertiary/aromatic N) is 1. The minimum Gasteiger partial charge on any atom is -0.496 e. The molecule has 0 atom stereocenters. The van der Waals surface area contributed by atoms with Crippen molar-refractivity contribution in [3.8, 4) is 5.75 Å². The van der Waals surface area contributed by atoms with Crippen LogP contribution in [-0.4, -0.2) is 30.4 Å². The number of aliphatic hydroxyl groups excluding tert-OH is 1. The van der Waals surface area contributed by atoms with Gasteiger partial charge in [0.25, 0.3) is 0 Å². The fourth-order valence-corrected chi connectivity index (χ4v) is 1.78. The maximum Gasteiger partial charge on any atom is 0.133 e. The average Bonchev–Trinajstić information content (AvgIpc) is 2.38. The van der Waals surface area contributed by atoms with E-state index in [0.29, 0.717) is 13.0 Å². The largest absolute Gasteiger partial charge is 0.496 e. The van der Waals surface area contributed by atoms with Crippen LogP contribution in [0.25, 0.3) is 10.8 Å². The zero-order valence-corrected chi connectivity index (χ0v) is 9.81. The molecule has 0 aliphatic rings. The molecule has 2 N–H and O–H groups in total. The van der Waals surface area contributed by atoms with Gasteiger partial charge in [-0.3, -0.25) is 0 Å². The van der Waals surface area contributed by atoms with E-state index in [4.69, 9.17) is 9.84 Å². The number of ether oxygens (including phenoxy) is 1. The van der Waals surface area contributed by atoms with Gasteiger partial charge in [0.15, 0.2) is 0 Å². The molecule has 2 rings (SSSR count). The molecule has 4 heteroatoms. The van der Waals surface area contributed by atoms with Gasteiger partial charge in [-0.25, -0.2) is 4.98 Å². The third-order valence-electron chi connectivity index (χ3n) is 2.61. The van der Waals surface area contributed by atoms with Crippen molar-refractivity contribution < 1.29 is 9.84 Å². The molecule has 2 aromatic rings. The highest BCUT2D eigenvalue weighted by atomic mass is 16.5. The monoisotopic (exact) mass is 232 g/mol. The number of methoxy groups -OCH3 is 1. The lowest BCUT2D eigenvalue weighted by molar-refractivity contribution is 0.292. The number of rotatable bonds is 5. The maximum absolute atomic E-state index is 8.76. The molecule has 1 aromatic carbocycles. The van der Waals surface area contributed by atoms with Crippen LogP contribution in [0.1, 0.15) is 6.42 Å². The second kappa shape index (κ2) is 5.50. The summed E-state index contributed by atoms with van der Waals surface area (Å²) < 4.78 is 5.31. The van der Waals surface area contributed by atoms with Crippen LogP contribution in [0.2, 0.25) is 0 Å². The summed E-state index contributed by atoms with van der Waals surface area (Å²) in [6.45, 7) is 0.890. The van der Waals surface area contributed by atoms with Gasteiger partial charge in [-0.05, 0) is 18.6 Å². The van der Waals surface area contributed by atoms with Crippen LogP contribution in [0.3, 0.4) is 0 Å². The minimum absolute atomic E-state index is 0.182. The summed E-state index contributed by atoms with van der Waals surface area (Å²) in [6.07, 6.45) is 2.47. The molecule has 4 nitrogen and oxygen atoms in total. The molecule has 0 aliphatic heterocycles. The SMILES string of the molecule is COc1cccc2c(NCCCO)nccc12. The predicted molar refractivity (Wildman–Crippen MR) is 68.5 cm³/mol. The van der Waals surface area contributed by atoms with E-state index in [1.54, 1.807) is 13.3 Å². The number of fused-ring (bicyclic) bond motifs is 1. The molecule has 0 radical (unpaired) electrons. The van der Waals surface area contributed by atoms with E-state index >= 15 is 0 Å². The van der Waals surface area contributed by atoms with Crippen LogP contribution in [0, 0.1) is 0 Å². The van der Waals surface area contributed by atoms with E-state index in [1.807, 2.05) is 24.3 Å². The number of hydrogen-bond donors (Lipinski definition) is 2. The standard InChI is InChI=1S/C13H16N2O2/c1-17-12-5-2-4-11-10(12)6-8-15-13(11)14-7-3-9-16/h2,4-6,8,16H,3,7,9H2,1H3,(H,14,15). The van der Waals surface area contributed by atoms with Gasteiger partial charge in [0.1, 0.15) is 11.6 Å². The Balaban J connectivity index is 2.36. The Morgan fingerprint density at radius 2 is 2.18 bits per heavy atom. The van der Waals surface area contributed by atoms with Gasteiger partial charge in [-0.1, -0.05) is 12.1 Å². The van der Waals surface area contributed by atoms with Crippen LogP contribution >= 0.6 is 0 Å². The van der Waals surface area contributed by atoms with Gasteiger partial charge in [-0.2, -0.15) is 0 Å². The van der Waals surface area contributed by atoms with Crippen molar-refractivity contribution in [3.63, 3.8) is 0 Å². The first kappa shape index (κ1) is 11.7. The van der Waals surface area contributed by atoms with Crippen LogP contribution < -0.4 is 10.1 Å². The zero-order valence-electron chi connectivity index (χ0n) is 9.81. The highest BCUT2D eigenvalue weighted by Gasteiger charge is 2.05. The predicted octanol–water partition coefficient (Wildman–Crippen LogP) is 2.04. The van der Waals surface area contributed by atoms with Gasteiger partial charge in [0.2, 0.25) is 0 Å². The number of aromatic nitrogens is 1. The van der Waals surface area contributed by atoms with E-state index in [2.05, 4.69) is 10.3 Å². The summed E-state index contributed by atoms with van der Waals surface area (Å²) >= 11 is 0. The van der Waals surface area contributed by atoms with E-state index in [9.17, 15) is 0 Å². The molecule has 1 heterocycles. The molecule has 90 valence electrons. The fourth-order valence-electron chi connectivity index (χ4n) is 1.78. The van der Waals surface area contributed by atoms with E-state index in [1.165, 1.54) is 0 Å². The molecular formula is C13H16N2O2. The van der Waals surface area contributed by atoms with E-state index in [-0.39, 0.29) is 6.61 Å². The van der Waals surface area contributed by atoms with Gasteiger partial charge < -0.3 is 15.2 Å². The summed E-state index contributed by atoms with van der Waals surface area (Å²) in [4.78, 5) is 4.31. The molecule has 0 spiro atoms. The van der Waals surface area contributed by atoms with E-state index < -0.39 is 0 Å². The summed E-state index contributed by atoms with van der Waals surface area (Å²) in [5.74, 6) is 1.67. The molecule has 1 aromatic heterocycles. The first-order chi connectivity index (χ1) is 8.36. The molecule has 0 fully saturated rings. The number of pyridine rings is 1. The highest BCUT2D eigenvalue weighted by Crippen LogP contribution is 2.28. The van der Waals surface area contributed by atoms with Gasteiger partial charge >= 0.3 is 0 Å². The summed E-state index contributed by atoms with van der Waals surface area (Å²) in [6, 6.07) is 7.82. The normalized spacial score (nSPS) is 10.5. The third kappa shape index (κ3) is 2.47. The van der Waals surface area contributed by atoms with Crippen LogP contribution in [0.4, 0.5) is 5.82 Å². The number of aliphatic hydroxyl groups is 1. The molecule has 0 aliphatic carbocycles. The molecule has 17 heavy (non-hydrogen) atoms. The fraction of sp³-hybridized carbons (Fsp3) is 0.308. The number of nitrogens with one attached hydrogen (secondary N) is 1. The Morgan fingerprint density at radius 1 is 1.29 bits per heavy atom. The summed E-state index contributed by atoms with van der Waals surface area (Å²) in [5.41, 5.74) is 0. The lowest BCUT2D eigenvalue weighted by Gasteiger charge is -2.10. The van der Waals surface area contributed by atoms with Crippen molar-refractivity contribution in [2.75, 3.05) is 25.6 Å². The second-order valence-electron chi connectivity index (χ2n) is 3.72. The van der Waals surface area contributed by atoms with Crippen molar-refractivity contribution >= 4 is 16.6 Å². The Kier molecular flexibility index (Phi) is 3.77. The summed E-state index contributed by atoms with van der Waals surface area (Å²) in [5, 5.41) is 14.0. The van der Waals surface area contributed by atoms with Crippen molar-refractivity contribution in [1.29, 1.82) is 0 Å². The van der Waals surface area contributed by atoms with E-state index in [0.717, 1.165) is 22.3 Å². The van der Waals surface area contributed by atoms with Crippen molar-refractivity contribution in [2.24, 2.45) is 0 Å². The first-order valence-corrected chi connectivity index (χ1v) is 5.63. The lowest BCUT2D eigenvalue weighted by atomic mass is 10.1. The molecule has 0 saturated heterocycles. The number of hydrogen-bond acceptors (Lipinski definition) is 4. The Labute approximate surface area is 100 Å². The lowest BCUT2D eigenvalue weighted by Crippen LogP contribution is -2.05. The van der Waals surface area contributed by atoms with Gasteiger partial charge in [0, 0.05) is 30.1 Å². The number of benzene rings is 1. The molecule has 0 saturated carbocycles. The van der Waals surface area contributed by atoms with Crippen LogP contribution in [0.15, 0.2) is 30.5 Å². The zero-order chi connectivity index (χ0) is 12.1. The quantitative estimate of drug-likeness (QED) is 0.774. The number of anilines is 1. The third-order valence-corrected chi connectivity index (χ3v) is 2.61. The minimum atomic E-state index is 0.182. The summed E-state index contributed by atoms with van der Waals surface area (Å²) in [7, 11) is 1.66. The smallest absolute Gasteiger partial charge is 0.133 e. The topological polar surface area (TPSA) is 54.4 Å². The van der Waals surface area contributed by atoms with Crippen molar-refractivity contribution in [3.05, 3.63) is 30.5 Å². The maximum atomic E-state index is 8.76.